The van der Waals surface area contributed by atoms with Gasteiger partial charge in [0, 0.05) is 18.2 Å². The predicted molar refractivity (Wildman–Crippen MR) is 98.0 cm³/mol. The Kier molecular flexibility index (Phi) is 3.57. The van der Waals surface area contributed by atoms with Crippen molar-refractivity contribution in [3.63, 3.8) is 0 Å². The summed E-state index contributed by atoms with van der Waals surface area (Å²) in [7, 11) is 1.56. The van der Waals surface area contributed by atoms with E-state index >= 15 is 0 Å². The summed E-state index contributed by atoms with van der Waals surface area (Å²) < 4.78 is 6.70. The normalized spacial score (nSPS) is 11.2. The van der Waals surface area contributed by atoms with Crippen molar-refractivity contribution in [2.45, 2.75) is 13.8 Å². The van der Waals surface area contributed by atoms with Crippen LogP contribution in [0.3, 0.4) is 0 Å². The van der Waals surface area contributed by atoms with Crippen molar-refractivity contribution in [1.82, 2.24) is 19.7 Å². The van der Waals surface area contributed by atoms with Crippen molar-refractivity contribution in [1.29, 1.82) is 0 Å². The van der Waals surface area contributed by atoms with E-state index in [1.54, 1.807) is 25.2 Å². The molecule has 0 amide bonds. The molecule has 7 heteroatoms. The van der Waals surface area contributed by atoms with E-state index < -0.39 is 11.1 Å². The van der Waals surface area contributed by atoms with E-state index in [1.165, 1.54) is 10.1 Å². The standard InChI is InChI=1S/C19H16N4O3/c1-10-4-5-13(8-11(10)2)18-21-16(22-26-18)12-6-7-15-14(9-12)20-17(24)19(25)23(15)3/h4-9H,1-3H3,(H,20,24). The molecule has 0 spiro atoms. The Balaban J connectivity index is 1.80. The van der Waals surface area contributed by atoms with Crippen LogP contribution in [-0.2, 0) is 7.05 Å². The number of aromatic amines is 1. The van der Waals surface area contributed by atoms with E-state index in [4.69, 9.17) is 4.52 Å². The number of H-pyrrole nitrogens is 1. The average molecular weight is 348 g/mol. The zero-order valence-electron chi connectivity index (χ0n) is 14.5. The smallest absolute Gasteiger partial charge is 0.316 e. The van der Waals surface area contributed by atoms with Crippen LogP contribution in [0.1, 0.15) is 11.1 Å². The highest BCUT2D eigenvalue weighted by Gasteiger charge is 2.13. The van der Waals surface area contributed by atoms with Crippen molar-refractivity contribution in [2.24, 2.45) is 7.05 Å². The monoisotopic (exact) mass is 348 g/mol. The number of nitrogens with one attached hydrogen (secondary N) is 1. The lowest BCUT2D eigenvalue weighted by Gasteiger charge is -2.04. The largest absolute Gasteiger partial charge is 0.334 e. The molecule has 0 atom stereocenters. The summed E-state index contributed by atoms with van der Waals surface area (Å²) in [4.78, 5) is 30.5. The molecule has 4 aromatic rings. The predicted octanol–water partition coefficient (Wildman–Crippen LogP) is 2.56. The highest BCUT2D eigenvalue weighted by atomic mass is 16.5. The van der Waals surface area contributed by atoms with Crippen LogP contribution in [-0.4, -0.2) is 19.7 Å². The topological polar surface area (TPSA) is 93.8 Å². The molecule has 1 N–H and O–H groups in total. The zero-order valence-corrected chi connectivity index (χ0v) is 14.5. The maximum absolute atomic E-state index is 11.7. The quantitative estimate of drug-likeness (QED) is 0.562. The molecule has 0 aliphatic carbocycles. The minimum atomic E-state index is -0.666. The van der Waals surface area contributed by atoms with Gasteiger partial charge in [0.15, 0.2) is 0 Å². The SMILES string of the molecule is Cc1ccc(-c2nc(-c3ccc4c(c3)[nH]c(=O)c(=O)n4C)no2)cc1C. The van der Waals surface area contributed by atoms with Gasteiger partial charge in [0.25, 0.3) is 5.89 Å². The van der Waals surface area contributed by atoms with Gasteiger partial charge in [-0.1, -0.05) is 11.2 Å². The van der Waals surface area contributed by atoms with Gasteiger partial charge in [0.1, 0.15) is 0 Å². The number of aromatic nitrogens is 4. The minimum Gasteiger partial charge on any atom is -0.334 e. The number of benzene rings is 2. The minimum absolute atomic E-state index is 0.412. The van der Waals surface area contributed by atoms with Gasteiger partial charge in [-0.2, -0.15) is 4.98 Å². The molecule has 0 saturated heterocycles. The second kappa shape index (κ2) is 5.80. The number of rotatable bonds is 2. The van der Waals surface area contributed by atoms with Crippen LogP contribution in [0, 0.1) is 13.8 Å². The molecule has 0 aliphatic rings. The van der Waals surface area contributed by atoms with Crippen LogP contribution >= 0.6 is 0 Å². The molecule has 0 radical (unpaired) electrons. The summed E-state index contributed by atoms with van der Waals surface area (Å²) in [5.41, 5.74) is 3.77. The summed E-state index contributed by atoms with van der Waals surface area (Å²) in [5.74, 6) is 0.840. The van der Waals surface area contributed by atoms with Crippen molar-refractivity contribution in [3.05, 3.63) is 68.2 Å². The summed E-state index contributed by atoms with van der Waals surface area (Å²) in [6.07, 6.45) is 0. The first-order valence-electron chi connectivity index (χ1n) is 8.09. The molecular formula is C19H16N4O3. The fourth-order valence-electron chi connectivity index (χ4n) is 2.84. The van der Waals surface area contributed by atoms with Crippen LogP contribution in [0.15, 0.2) is 50.5 Å². The summed E-state index contributed by atoms with van der Waals surface area (Å²) in [6.45, 7) is 4.07. The van der Waals surface area contributed by atoms with Crippen LogP contribution < -0.4 is 11.1 Å². The molecule has 26 heavy (non-hydrogen) atoms. The molecule has 4 rings (SSSR count). The van der Waals surface area contributed by atoms with E-state index in [-0.39, 0.29) is 0 Å². The second-order valence-corrected chi connectivity index (χ2v) is 6.27. The Labute approximate surface area is 147 Å². The Morgan fingerprint density at radius 3 is 2.54 bits per heavy atom. The molecule has 2 heterocycles. The van der Waals surface area contributed by atoms with E-state index in [9.17, 15) is 9.59 Å². The summed E-state index contributed by atoms with van der Waals surface area (Å²) >= 11 is 0. The fourth-order valence-corrected chi connectivity index (χ4v) is 2.84. The molecule has 0 bridgehead atoms. The van der Waals surface area contributed by atoms with Gasteiger partial charge < -0.3 is 14.1 Å². The summed E-state index contributed by atoms with van der Waals surface area (Å²) in [5, 5.41) is 4.04. The van der Waals surface area contributed by atoms with Crippen LogP contribution in [0.2, 0.25) is 0 Å². The Hall–Kier alpha value is -3.48. The van der Waals surface area contributed by atoms with Gasteiger partial charge in [-0.25, -0.2) is 0 Å². The lowest BCUT2D eigenvalue weighted by Crippen LogP contribution is -2.34. The molecule has 130 valence electrons. The van der Waals surface area contributed by atoms with Gasteiger partial charge in [0.05, 0.1) is 11.0 Å². The Bertz CT molecular complexity index is 1260. The molecule has 2 aromatic carbocycles. The molecule has 0 saturated carbocycles. The zero-order chi connectivity index (χ0) is 18.4. The van der Waals surface area contributed by atoms with E-state index in [2.05, 4.69) is 15.1 Å². The molecular weight excluding hydrogens is 332 g/mol. The van der Waals surface area contributed by atoms with Gasteiger partial charge in [0.2, 0.25) is 5.82 Å². The number of aryl methyl sites for hydroxylation is 3. The van der Waals surface area contributed by atoms with E-state index in [0.717, 1.165) is 11.1 Å². The van der Waals surface area contributed by atoms with Crippen molar-refractivity contribution in [3.8, 4) is 22.8 Å². The van der Waals surface area contributed by atoms with Crippen molar-refractivity contribution >= 4 is 11.0 Å². The van der Waals surface area contributed by atoms with Crippen LogP contribution in [0.4, 0.5) is 0 Å². The van der Waals surface area contributed by atoms with Gasteiger partial charge in [-0.15, -0.1) is 0 Å². The van der Waals surface area contributed by atoms with E-state index in [0.29, 0.717) is 28.3 Å². The lowest BCUT2D eigenvalue weighted by molar-refractivity contribution is 0.432. The Morgan fingerprint density at radius 2 is 1.77 bits per heavy atom. The third kappa shape index (κ3) is 2.54. The maximum atomic E-state index is 11.7. The highest BCUT2D eigenvalue weighted by Crippen LogP contribution is 2.25. The van der Waals surface area contributed by atoms with E-state index in [1.807, 2.05) is 32.0 Å². The van der Waals surface area contributed by atoms with Crippen molar-refractivity contribution in [2.75, 3.05) is 0 Å². The number of hydrogen-bond acceptors (Lipinski definition) is 5. The third-order valence-corrected chi connectivity index (χ3v) is 4.54. The van der Waals surface area contributed by atoms with Gasteiger partial charge in [-0.05, 0) is 55.3 Å². The van der Waals surface area contributed by atoms with Crippen LogP contribution in [0.25, 0.3) is 33.9 Å². The molecule has 0 unspecified atom stereocenters. The first-order chi connectivity index (χ1) is 12.4. The lowest BCUT2D eigenvalue weighted by atomic mass is 10.1. The fraction of sp³-hybridized carbons (Fsp3) is 0.158. The highest BCUT2D eigenvalue weighted by molar-refractivity contribution is 5.80. The Morgan fingerprint density at radius 1 is 1.00 bits per heavy atom. The average Bonchev–Trinajstić information content (AvgIpc) is 3.12. The number of nitrogens with zero attached hydrogens (tertiary/aromatic N) is 3. The van der Waals surface area contributed by atoms with Gasteiger partial charge in [-0.3, -0.25) is 9.59 Å². The molecule has 0 aliphatic heterocycles. The van der Waals surface area contributed by atoms with Gasteiger partial charge >= 0.3 is 11.1 Å². The van der Waals surface area contributed by atoms with Crippen LogP contribution in [0.5, 0.6) is 0 Å². The first kappa shape index (κ1) is 16.0. The second-order valence-electron chi connectivity index (χ2n) is 6.27. The molecule has 7 nitrogen and oxygen atoms in total. The van der Waals surface area contributed by atoms with Crippen molar-refractivity contribution < 1.29 is 4.52 Å². The molecule has 2 aromatic heterocycles. The maximum Gasteiger partial charge on any atom is 0.316 e. The number of hydrogen-bond donors (Lipinski definition) is 1. The first-order valence-corrected chi connectivity index (χ1v) is 8.09. The molecule has 0 fully saturated rings. The summed E-state index contributed by atoms with van der Waals surface area (Å²) in [6, 6.07) is 11.2. The third-order valence-electron chi connectivity index (χ3n) is 4.54. The number of fused-ring (bicyclic) bond motifs is 1.